The minimum Gasteiger partial charge on any atom is -0.480 e. The summed E-state index contributed by atoms with van der Waals surface area (Å²) in [6, 6.07) is -1.02. The molecule has 0 bridgehead atoms. The Morgan fingerprint density at radius 2 is 1.85 bits per heavy atom. The molecule has 3 unspecified atom stereocenters. The number of hydrogen-bond donors (Lipinski definition) is 1. The Morgan fingerprint density at radius 1 is 1.25 bits per heavy atom. The van der Waals surface area contributed by atoms with Gasteiger partial charge in [0, 0.05) is 19.1 Å². The highest BCUT2D eigenvalue weighted by Crippen LogP contribution is 2.41. The fourth-order valence-corrected chi connectivity index (χ4v) is 5.68. The molecular weight excluding hydrogens is 280 g/mol. The highest BCUT2D eigenvalue weighted by Gasteiger charge is 2.51. The normalized spacial score (nSPS) is 31.4. The second-order valence-corrected chi connectivity index (χ2v) is 7.46. The minimum absolute atomic E-state index is 0.129. The predicted octanol–water partition coefficient (Wildman–Crippen LogP) is 1.29. The van der Waals surface area contributed by atoms with Gasteiger partial charge in [-0.15, -0.1) is 0 Å². The zero-order chi connectivity index (χ0) is 14.9. The zero-order valence-corrected chi connectivity index (χ0v) is 13.0. The molecule has 1 N–H and O–H groups in total. The molecule has 1 saturated carbocycles. The molecule has 6 nitrogen and oxygen atoms in total. The molecule has 2 fully saturated rings. The van der Waals surface area contributed by atoms with Gasteiger partial charge < -0.3 is 5.11 Å². The van der Waals surface area contributed by atoms with Gasteiger partial charge in [-0.3, -0.25) is 4.79 Å². The van der Waals surface area contributed by atoms with Crippen LogP contribution in [0.5, 0.6) is 0 Å². The summed E-state index contributed by atoms with van der Waals surface area (Å²) in [6.45, 7) is 4.31. The van der Waals surface area contributed by atoms with Gasteiger partial charge in [-0.2, -0.15) is 17.0 Å². The SMILES string of the molecule is CCN(CC)S(=O)(=O)N1C(C(=O)O)CC2CCCCC21. The molecule has 7 heteroatoms. The second-order valence-electron chi connectivity index (χ2n) is 5.62. The molecule has 0 aromatic rings. The van der Waals surface area contributed by atoms with Gasteiger partial charge >= 0.3 is 5.97 Å². The molecule has 1 heterocycles. The average Bonchev–Trinajstić information content (AvgIpc) is 2.79. The number of carboxylic acids is 1. The van der Waals surface area contributed by atoms with Crippen LogP contribution in [0.3, 0.4) is 0 Å². The summed E-state index contributed by atoms with van der Waals surface area (Å²) in [5, 5.41) is 9.40. The molecule has 20 heavy (non-hydrogen) atoms. The predicted molar refractivity (Wildman–Crippen MR) is 75.5 cm³/mol. The van der Waals surface area contributed by atoms with E-state index in [1.807, 2.05) is 0 Å². The maximum absolute atomic E-state index is 12.8. The molecule has 116 valence electrons. The summed E-state index contributed by atoms with van der Waals surface area (Å²) in [7, 11) is -3.68. The van der Waals surface area contributed by atoms with Crippen molar-refractivity contribution in [2.45, 2.75) is 58.0 Å². The Kier molecular flexibility index (Phi) is 4.71. The number of carbonyl (C=O) groups is 1. The molecule has 0 spiro atoms. The van der Waals surface area contributed by atoms with Gasteiger partial charge in [0.2, 0.25) is 0 Å². The Bertz CT molecular complexity index is 461. The molecule has 0 aromatic carbocycles. The van der Waals surface area contributed by atoms with E-state index in [-0.39, 0.29) is 12.0 Å². The largest absolute Gasteiger partial charge is 0.480 e. The van der Waals surface area contributed by atoms with E-state index >= 15 is 0 Å². The summed E-state index contributed by atoms with van der Waals surface area (Å²) >= 11 is 0. The van der Waals surface area contributed by atoms with Crippen molar-refractivity contribution in [1.29, 1.82) is 0 Å². The molecule has 1 aliphatic carbocycles. The number of rotatable bonds is 5. The van der Waals surface area contributed by atoms with Crippen LogP contribution in [0.1, 0.15) is 46.0 Å². The number of nitrogens with zero attached hydrogens (tertiary/aromatic N) is 2. The van der Waals surface area contributed by atoms with Crippen molar-refractivity contribution in [2.75, 3.05) is 13.1 Å². The van der Waals surface area contributed by atoms with Gasteiger partial charge in [-0.05, 0) is 25.2 Å². The molecule has 1 aliphatic heterocycles. The van der Waals surface area contributed by atoms with Crippen LogP contribution in [0, 0.1) is 5.92 Å². The highest BCUT2D eigenvalue weighted by molar-refractivity contribution is 7.86. The van der Waals surface area contributed by atoms with Crippen molar-refractivity contribution in [3.05, 3.63) is 0 Å². The first kappa shape index (κ1) is 15.7. The van der Waals surface area contributed by atoms with Crippen LogP contribution in [0.25, 0.3) is 0 Å². The first-order valence-corrected chi connectivity index (χ1v) is 8.84. The Hall–Kier alpha value is -0.660. The first-order valence-electron chi connectivity index (χ1n) is 7.44. The first-order chi connectivity index (χ1) is 9.43. The lowest BCUT2D eigenvalue weighted by Crippen LogP contribution is -2.52. The average molecular weight is 304 g/mol. The van der Waals surface area contributed by atoms with E-state index in [4.69, 9.17) is 0 Å². The number of aliphatic carboxylic acids is 1. The summed E-state index contributed by atoms with van der Waals surface area (Å²) in [4.78, 5) is 11.5. The molecule has 0 radical (unpaired) electrons. The molecule has 3 atom stereocenters. The molecule has 1 saturated heterocycles. The van der Waals surface area contributed by atoms with Crippen molar-refractivity contribution in [1.82, 2.24) is 8.61 Å². The zero-order valence-electron chi connectivity index (χ0n) is 12.2. The molecule has 0 aromatic heterocycles. The van der Waals surface area contributed by atoms with E-state index in [1.54, 1.807) is 13.8 Å². The molecule has 2 aliphatic rings. The van der Waals surface area contributed by atoms with Crippen LogP contribution in [-0.4, -0.2) is 53.3 Å². The maximum Gasteiger partial charge on any atom is 0.322 e. The Morgan fingerprint density at radius 3 is 2.40 bits per heavy atom. The van der Waals surface area contributed by atoms with Crippen molar-refractivity contribution in [3.63, 3.8) is 0 Å². The van der Waals surface area contributed by atoms with E-state index < -0.39 is 22.2 Å². The number of carboxylic acid groups (broad SMARTS) is 1. The smallest absolute Gasteiger partial charge is 0.322 e. The van der Waals surface area contributed by atoms with Crippen LogP contribution in [0.2, 0.25) is 0 Å². The fourth-order valence-electron chi connectivity index (χ4n) is 3.64. The van der Waals surface area contributed by atoms with Gasteiger partial charge in [0.25, 0.3) is 10.2 Å². The van der Waals surface area contributed by atoms with Crippen molar-refractivity contribution < 1.29 is 18.3 Å². The molecule has 2 rings (SSSR count). The van der Waals surface area contributed by atoms with Gasteiger partial charge in [0.05, 0.1) is 0 Å². The lowest BCUT2D eigenvalue weighted by atomic mass is 9.85. The summed E-state index contributed by atoms with van der Waals surface area (Å²) in [5.41, 5.74) is 0. The maximum atomic E-state index is 12.8. The van der Waals surface area contributed by atoms with E-state index in [1.165, 1.54) is 8.61 Å². The standard InChI is InChI=1S/C13H24N2O4S/c1-3-14(4-2)20(18,19)15-11-8-6-5-7-10(11)9-12(15)13(16)17/h10-12H,3-9H2,1-2H3,(H,16,17). The summed E-state index contributed by atoms with van der Waals surface area (Å²) in [6.07, 6.45) is 4.25. The van der Waals surface area contributed by atoms with Gasteiger partial charge in [0.15, 0.2) is 0 Å². The van der Waals surface area contributed by atoms with Crippen LogP contribution in [-0.2, 0) is 15.0 Å². The van der Waals surface area contributed by atoms with E-state index in [0.29, 0.717) is 19.5 Å². The third-order valence-corrected chi connectivity index (χ3v) is 6.84. The second kappa shape index (κ2) is 5.99. The van der Waals surface area contributed by atoms with E-state index in [2.05, 4.69) is 0 Å². The fraction of sp³-hybridized carbons (Fsp3) is 0.923. The minimum atomic E-state index is -3.68. The summed E-state index contributed by atoms with van der Waals surface area (Å²) < 4.78 is 28.2. The lowest BCUT2D eigenvalue weighted by Gasteiger charge is -2.35. The van der Waals surface area contributed by atoms with Gasteiger partial charge in [-0.25, -0.2) is 0 Å². The molecule has 0 amide bonds. The molecular formula is C13H24N2O4S. The van der Waals surface area contributed by atoms with Gasteiger partial charge in [0.1, 0.15) is 6.04 Å². The highest BCUT2D eigenvalue weighted by atomic mass is 32.2. The number of fused-ring (bicyclic) bond motifs is 1. The van der Waals surface area contributed by atoms with Crippen molar-refractivity contribution in [3.8, 4) is 0 Å². The Labute approximate surface area is 120 Å². The summed E-state index contributed by atoms with van der Waals surface area (Å²) in [5.74, 6) is -0.815. The third kappa shape index (κ3) is 2.58. The van der Waals surface area contributed by atoms with Crippen LogP contribution >= 0.6 is 0 Å². The monoisotopic (exact) mass is 304 g/mol. The van der Waals surface area contributed by atoms with Crippen molar-refractivity contribution >= 4 is 16.2 Å². The number of hydrogen-bond acceptors (Lipinski definition) is 3. The third-order valence-electron chi connectivity index (χ3n) is 4.61. The quantitative estimate of drug-likeness (QED) is 0.830. The van der Waals surface area contributed by atoms with Crippen LogP contribution in [0.15, 0.2) is 0 Å². The van der Waals surface area contributed by atoms with Crippen molar-refractivity contribution in [2.24, 2.45) is 5.92 Å². The van der Waals surface area contributed by atoms with E-state index in [9.17, 15) is 18.3 Å². The topological polar surface area (TPSA) is 77.9 Å². The van der Waals surface area contributed by atoms with Crippen LogP contribution in [0.4, 0.5) is 0 Å². The van der Waals surface area contributed by atoms with Gasteiger partial charge in [-0.1, -0.05) is 26.7 Å². The van der Waals surface area contributed by atoms with Crippen LogP contribution < -0.4 is 0 Å². The lowest BCUT2D eigenvalue weighted by molar-refractivity contribution is -0.141. The Balaban J connectivity index is 2.36. The van der Waals surface area contributed by atoms with E-state index in [0.717, 1.165) is 25.7 Å².